The number of halogens is 1. The maximum Gasteiger partial charge on any atom is 0.351 e. The van der Waals surface area contributed by atoms with Crippen LogP contribution in [0.5, 0.6) is 0 Å². The molecular weight excluding hydrogens is 288 g/mol. The van der Waals surface area contributed by atoms with Gasteiger partial charge in [0.15, 0.2) is 5.58 Å². The first-order chi connectivity index (χ1) is 8.02. The second-order valence-electron chi connectivity index (χ2n) is 3.60. The molecule has 0 unspecified atom stereocenters. The van der Waals surface area contributed by atoms with Crippen LogP contribution in [0.15, 0.2) is 31.9 Å². The van der Waals surface area contributed by atoms with Gasteiger partial charge in [-0.1, -0.05) is 6.92 Å². The summed E-state index contributed by atoms with van der Waals surface area (Å²) in [7, 11) is 0. The molecule has 4 nitrogen and oxygen atoms in total. The Balaban J connectivity index is 2.84. The predicted octanol–water partition coefficient (Wildman–Crippen LogP) is 2.82. The number of rotatable bonds is 2. The topological polar surface area (TPSA) is 67.5 Å². The van der Waals surface area contributed by atoms with Gasteiger partial charge < -0.3 is 9.52 Å². The van der Waals surface area contributed by atoms with Crippen molar-refractivity contribution in [1.29, 1.82) is 0 Å². The molecule has 0 spiro atoms. The molecule has 2 rings (SSSR count). The minimum atomic E-state index is -1.28. The van der Waals surface area contributed by atoms with Crippen LogP contribution >= 0.6 is 15.9 Å². The Morgan fingerprint density at radius 1 is 1.41 bits per heavy atom. The van der Waals surface area contributed by atoms with Crippen molar-refractivity contribution in [3.8, 4) is 0 Å². The highest BCUT2D eigenvalue weighted by Crippen LogP contribution is 2.25. The van der Waals surface area contributed by atoms with Gasteiger partial charge in [0.25, 0.3) is 0 Å². The fourth-order valence-electron chi connectivity index (χ4n) is 1.60. The summed E-state index contributed by atoms with van der Waals surface area (Å²) >= 11 is 3.30. The van der Waals surface area contributed by atoms with Crippen LogP contribution in [0.3, 0.4) is 0 Å². The van der Waals surface area contributed by atoms with Gasteiger partial charge in [-0.15, -0.1) is 0 Å². The molecule has 0 atom stereocenters. The average molecular weight is 297 g/mol. The van der Waals surface area contributed by atoms with Crippen molar-refractivity contribution in [2.75, 3.05) is 0 Å². The molecule has 5 heteroatoms. The highest BCUT2D eigenvalue weighted by Gasteiger charge is 2.13. The van der Waals surface area contributed by atoms with E-state index < -0.39 is 11.6 Å². The highest BCUT2D eigenvalue weighted by molar-refractivity contribution is 9.10. The van der Waals surface area contributed by atoms with Crippen molar-refractivity contribution in [2.24, 2.45) is 0 Å². The van der Waals surface area contributed by atoms with Gasteiger partial charge in [0.2, 0.25) is 0 Å². The number of aryl methyl sites for hydroxylation is 1. The van der Waals surface area contributed by atoms with Gasteiger partial charge in [0, 0.05) is 5.39 Å². The van der Waals surface area contributed by atoms with Crippen molar-refractivity contribution in [1.82, 2.24) is 0 Å². The summed E-state index contributed by atoms with van der Waals surface area (Å²) < 4.78 is 5.65. The largest absolute Gasteiger partial charge is 0.477 e. The van der Waals surface area contributed by atoms with E-state index >= 15 is 0 Å². The fraction of sp³-hybridized carbons (Fsp3) is 0.167. The highest BCUT2D eigenvalue weighted by atomic mass is 79.9. The van der Waals surface area contributed by atoms with Gasteiger partial charge >= 0.3 is 11.6 Å². The van der Waals surface area contributed by atoms with Crippen molar-refractivity contribution in [3.05, 3.63) is 44.2 Å². The van der Waals surface area contributed by atoms with Gasteiger partial charge in [0.05, 0.1) is 4.47 Å². The molecule has 0 fully saturated rings. The third-order valence-electron chi connectivity index (χ3n) is 2.49. The molecular formula is C12H9BrO4. The van der Waals surface area contributed by atoms with E-state index in [9.17, 15) is 9.59 Å². The molecule has 1 N–H and O–H groups in total. The van der Waals surface area contributed by atoms with Crippen molar-refractivity contribution < 1.29 is 14.3 Å². The Bertz CT molecular complexity index is 657. The average Bonchev–Trinajstić information content (AvgIpc) is 2.28. The minimum Gasteiger partial charge on any atom is -0.477 e. The molecule has 0 amide bonds. The monoisotopic (exact) mass is 296 g/mol. The van der Waals surface area contributed by atoms with Crippen LogP contribution in [0, 0.1) is 0 Å². The maximum absolute atomic E-state index is 11.4. The van der Waals surface area contributed by atoms with E-state index in [1.165, 1.54) is 6.07 Å². The second-order valence-corrected chi connectivity index (χ2v) is 4.46. The molecule has 0 saturated carbocycles. The van der Waals surface area contributed by atoms with Gasteiger partial charge in [0.1, 0.15) is 5.56 Å². The zero-order valence-corrected chi connectivity index (χ0v) is 10.6. The maximum atomic E-state index is 11.4. The van der Waals surface area contributed by atoms with E-state index in [0.29, 0.717) is 15.4 Å². The summed E-state index contributed by atoms with van der Waals surface area (Å²) in [6.07, 6.45) is 0.816. The number of benzene rings is 1. The van der Waals surface area contributed by atoms with Crippen molar-refractivity contribution in [3.63, 3.8) is 0 Å². The summed E-state index contributed by atoms with van der Waals surface area (Å²) in [6, 6.07) is 5.01. The lowest BCUT2D eigenvalue weighted by atomic mass is 10.1. The van der Waals surface area contributed by atoms with E-state index in [1.54, 1.807) is 0 Å². The first kappa shape index (κ1) is 11.9. The zero-order chi connectivity index (χ0) is 12.6. The summed E-state index contributed by atoms with van der Waals surface area (Å²) in [6.45, 7) is 1.99. The standard InChI is InChI=1S/C12H9BrO4/c1-2-6-3-7-5-8(11(14)15)12(16)17-10(7)9(13)4-6/h3-5H,2H2,1H3,(H,14,15). The van der Waals surface area contributed by atoms with E-state index in [-0.39, 0.29) is 5.56 Å². The van der Waals surface area contributed by atoms with Crippen LogP contribution in [0.25, 0.3) is 11.0 Å². The Kier molecular flexibility index (Phi) is 3.02. The Morgan fingerprint density at radius 2 is 2.12 bits per heavy atom. The van der Waals surface area contributed by atoms with Crippen LogP contribution in [-0.4, -0.2) is 11.1 Å². The molecule has 1 aromatic heterocycles. The molecule has 0 aliphatic rings. The molecule has 1 aromatic carbocycles. The number of carboxylic acid groups (broad SMARTS) is 1. The third kappa shape index (κ3) is 2.10. The van der Waals surface area contributed by atoms with E-state index in [0.717, 1.165) is 12.0 Å². The first-order valence-electron chi connectivity index (χ1n) is 5.02. The number of aromatic carboxylic acids is 1. The number of fused-ring (bicyclic) bond motifs is 1. The van der Waals surface area contributed by atoms with Crippen LogP contribution in [0.4, 0.5) is 0 Å². The normalized spacial score (nSPS) is 10.7. The molecule has 0 aliphatic carbocycles. The predicted molar refractivity (Wildman–Crippen MR) is 66.5 cm³/mol. The first-order valence-corrected chi connectivity index (χ1v) is 5.81. The van der Waals surface area contributed by atoms with Gasteiger partial charge in [-0.2, -0.15) is 0 Å². The number of hydrogen-bond acceptors (Lipinski definition) is 3. The number of carbonyl (C=O) groups is 1. The number of carboxylic acids is 1. The van der Waals surface area contributed by atoms with Crippen LogP contribution in [0.2, 0.25) is 0 Å². The summed E-state index contributed by atoms with van der Waals surface area (Å²) in [4.78, 5) is 22.2. The molecule has 0 saturated heterocycles. The molecule has 1 heterocycles. The summed E-state index contributed by atoms with van der Waals surface area (Å²) in [5.41, 5.74) is 0.222. The molecule has 0 radical (unpaired) electrons. The Labute approximate surface area is 105 Å². The summed E-state index contributed by atoms with van der Waals surface area (Å²) in [5.74, 6) is -1.28. The van der Waals surface area contributed by atoms with Gasteiger partial charge in [-0.05, 0) is 46.1 Å². The molecule has 2 aromatic rings. The Hall–Kier alpha value is -1.62. The molecule has 0 aliphatic heterocycles. The van der Waals surface area contributed by atoms with Crippen molar-refractivity contribution in [2.45, 2.75) is 13.3 Å². The second kappa shape index (κ2) is 4.33. The lowest BCUT2D eigenvalue weighted by Crippen LogP contribution is -2.13. The molecule has 88 valence electrons. The Morgan fingerprint density at radius 3 is 2.71 bits per heavy atom. The van der Waals surface area contributed by atoms with Crippen molar-refractivity contribution >= 4 is 32.9 Å². The third-order valence-corrected chi connectivity index (χ3v) is 3.07. The van der Waals surface area contributed by atoms with Crippen LogP contribution < -0.4 is 5.63 Å². The van der Waals surface area contributed by atoms with Crippen LogP contribution in [0.1, 0.15) is 22.8 Å². The molecule has 0 bridgehead atoms. The number of hydrogen-bond donors (Lipinski definition) is 1. The quantitative estimate of drug-likeness (QED) is 0.865. The van der Waals surface area contributed by atoms with E-state index in [1.807, 2.05) is 19.1 Å². The minimum absolute atomic E-state index is 0.349. The van der Waals surface area contributed by atoms with E-state index in [2.05, 4.69) is 15.9 Å². The van der Waals surface area contributed by atoms with Gasteiger partial charge in [-0.3, -0.25) is 0 Å². The SMILES string of the molecule is CCc1cc(Br)c2oc(=O)c(C(=O)O)cc2c1. The lowest BCUT2D eigenvalue weighted by Gasteiger charge is -2.04. The fourth-order valence-corrected chi connectivity index (χ4v) is 2.21. The summed E-state index contributed by atoms with van der Waals surface area (Å²) in [5, 5.41) is 9.45. The molecule has 17 heavy (non-hydrogen) atoms. The smallest absolute Gasteiger partial charge is 0.351 e. The zero-order valence-electron chi connectivity index (χ0n) is 8.99. The lowest BCUT2D eigenvalue weighted by molar-refractivity contribution is 0.0692. The van der Waals surface area contributed by atoms with Gasteiger partial charge in [-0.25, -0.2) is 9.59 Å². The van der Waals surface area contributed by atoms with E-state index in [4.69, 9.17) is 9.52 Å². The van der Waals surface area contributed by atoms with Crippen LogP contribution in [-0.2, 0) is 6.42 Å².